The highest BCUT2D eigenvalue weighted by Gasteiger charge is 2.45. The van der Waals surface area contributed by atoms with Crippen LogP contribution in [0.2, 0.25) is 0 Å². The number of nitrogens with zero attached hydrogens (tertiary/aromatic N) is 3. The number of hydrogen-bond acceptors (Lipinski definition) is 4. The van der Waals surface area contributed by atoms with Gasteiger partial charge < -0.3 is 4.90 Å². The third-order valence-corrected chi connectivity index (χ3v) is 7.28. The van der Waals surface area contributed by atoms with Crippen LogP contribution in [-0.2, 0) is 21.2 Å². The van der Waals surface area contributed by atoms with Gasteiger partial charge in [0.15, 0.2) is 0 Å². The van der Waals surface area contributed by atoms with Crippen LogP contribution in [0.15, 0.2) is 24.3 Å². The van der Waals surface area contributed by atoms with E-state index in [0.29, 0.717) is 44.8 Å². The first-order valence-corrected chi connectivity index (χ1v) is 11.3. The van der Waals surface area contributed by atoms with Crippen molar-refractivity contribution in [3.63, 3.8) is 0 Å². The lowest BCUT2D eigenvalue weighted by Gasteiger charge is -2.45. The summed E-state index contributed by atoms with van der Waals surface area (Å²) in [5, 5.41) is 0. The summed E-state index contributed by atoms with van der Waals surface area (Å²) in [4.78, 5) is 16.7. The molecule has 3 rings (SSSR count). The molecule has 1 atom stereocenters. The maximum atomic E-state index is 13.8. The van der Waals surface area contributed by atoms with Crippen molar-refractivity contribution in [3.8, 4) is 0 Å². The fourth-order valence-corrected chi connectivity index (χ4v) is 5.12. The van der Waals surface area contributed by atoms with Gasteiger partial charge in [0.1, 0.15) is 5.82 Å². The largest absolute Gasteiger partial charge is 0.340 e. The van der Waals surface area contributed by atoms with Crippen LogP contribution in [0.4, 0.5) is 4.39 Å². The quantitative estimate of drug-likeness (QED) is 0.752. The van der Waals surface area contributed by atoms with Crippen molar-refractivity contribution >= 4 is 15.9 Å². The van der Waals surface area contributed by atoms with Gasteiger partial charge in [-0.1, -0.05) is 25.1 Å². The summed E-state index contributed by atoms with van der Waals surface area (Å²) in [7, 11) is -3.18. The summed E-state index contributed by atoms with van der Waals surface area (Å²) >= 11 is 0. The summed E-state index contributed by atoms with van der Waals surface area (Å²) in [6.45, 7) is 5.79. The Labute approximate surface area is 161 Å². The Bertz CT molecular complexity index is 793. The molecule has 2 heterocycles. The van der Waals surface area contributed by atoms with E-state index in [4.69, 9.17) is 0 Å². The van der Waals surface area contributed by atoms with E-state index in [2.05, 4.69) is 11.8 Å². The number of benzene rings is 1. The summed E-state index contributed by atoms with van der Waals surface area (Å²) < 4.78 is 39.1. The van der Waals surface area contributed by atoms with Crippen molar-refractivity contribution < 1.29 is 17.6 Å². The SMILES string of the molecule is CCC1(N2CCN(C(=O)Cc3ccccc3F)CC2)CCN(S(C)(=O)=O)C1. The molecule has 1 aromatic carbocycles. The average molecular weight is 398 g/mol. The predicted octanol–water partition coefficient (Wildman–Crippen LogP) is 1.33. The highest BCUT2D eigenvalue weighted by atomic mass is 32.2. The Kier molecular flexibility index (Phi) is 5.88. The van der Waals surface area contributed by atoms with E-state index in [1.807, 2.05) is 0 Å². The Hall–Kier alpha value is -1.51. The fraction of sp³-hybridized carbons (Fsp3) is 0.632. The second-order valence-electron chi connectivity index (χ2n) is 7.56. The number of carbonyl (C=O) groups excluding carboxylic acids is 1. The van der Waals surface area contributed by atoms with E-state index in [-0.39, 0.29) is 23.7 Å². The summed E-state index contributed by atoms with van der Waals surface area (Å²) in [5.41, 5.74) is 0.276. The minimum atomic E-state index is -3.18. The molecule has 150 valence electrons. The van der Waals surface area contributed by atoms with Crippen LogP contribution in [0.5, 0.6) is 0 Å². The lowest BCUT2D eigenvalue weighted by molar-refractivity contribution is -0.133. The van der Waals surface area contributed by atoms with Crippen LogP contribution in [0.25, 0.3) is 0 Å². The number of hydrogen-bond donors (Lipinski definition) is 0. The first-order chi connectivity index (χ1) is 12.7. The van der Waals surface area contributed by atoms with Crippen molar-refractivity contribution in [1.82, 2.24) is 14.1 Å². The highest BCUT2D eigenvalue weighted by molar-refractivity contribution is 7.88. The fourth-order valence-electron chi connectivity index (χ4n) is 4.22. The average Bonchev–Trinajstić information content (AvgIpc) is 3.10. The molecule has 2 aliphatic heterocycles. The predicted molar refractivity (Wildman–Crippen MR) is 102 cm³/mol. The summed E-state index contributed by atoms with van der Waals surface area (Å²) in [5.74, 6) is -0.407. The monoisotopic (exact) mass is 397 g/mol. The lowest BCUT2D eigenvalue weighted by Crippen LogP contribution is -2.59. The molecular formula is C19H28FN3O3S. The molecule has 1 amide bonds. The number of rotatable bonds is 5. The number of halogens is 1. The van der Waals surface area contributed by atoms with Gasteiger partial charge >= 0.3 is 0 Å². The molecule has 0 aromatic heterocycles. The maximum absolute atomic E-state index is 13.8. The van der Waals surface area contributed by atoms with Gasteiger partial charge in [-0.05, 0) is 24.5 Å². The molecule has 0 bridgehead atoms. The van der Waals surface area contributed by atoms with Gasteiger partial charge in [-0.25, -0.2) is 17.1 Å². The number of carbonyl (C=O) groups is 1. The molecule has 27 heavy (non-hydrogen) atoms. The molecular weight excluding hydrogens is 369 g/mol. The molecule has 0 radical (unpaired) electrons. The number of amides is 1. The lowest BCUT2D eigenvalue weighted by atomic mass is 9.92. The van der Waals surface area contributed by atoms with Gasteiger partial charge in [0.2, 0.25) is 15.9 Å². The van der Waals surface area contributed by atoms with Crippen LogP contribution in [0.1, 0.15) is 25.3 Å². The Morgan fingerprint density at radius 1 is 1.15 bits per heavy atom. The van der Waals surface area contributed by atoms with Crippen molar-refractivity contribution in [2.24, 2.45) is 0 Å². The zero-order valence-electron chi connectivity index (χ0n) is 16.0. The second kappa shape index (κ2) is 7.85. The zero-order valence-corrected chi connectivity index (χ0v) is 16.8. The van der Waals surface area contributed by atoms with Crippen molar-refractivity contribution in [1.29, 1.82) is 0 Å². The zero-order chi connectivity index (χ0) is 19.7. The highest BCUT2D eigenvalue weighted by Crippen LogP contribution is 2.33. The smallest absolute Gasteiger partial charge is 0.227 e. The molecule has 1 unspecified atom stereocenters. The maximum Gasteiger partial charge on any atom is 0.227 e. The van der Waals surface area contributed by atoms with Gasteiger partial charge in [-0.2, -0.15) is 0 Å². The van der Waals surface area contributed by atoms with Crippen LogP contribution in [-0.4, -0.2) is 79.5 Å². The standard InChI is InChI=1S/C19H28FN3O3S/c1-3-19(8-9-23(15-19)27(2,25)26)22-12-10-21(11-13-22)18(24)14-16-6-4-5-7-17(16)20/h4-7H,3,8-15H2,1-2H3. The van der Waals surface area contributed by atoms with Crippen LogP contribution in [0.3, 0.4) is 0 Å². The summed E-state index contributed by atoms with van der Waals surface area (Å²) in [6, 6.07) is 6.38. The molecule has 0 spiro atoms. The van der Waals surface area contributed by atoms with Gasteiger partial charge in [0.25, 0.3) is 0 Å². The van der Waals surface area contributed by atoms with Gasteiger partial charge in [-0.3, -0.25) is 9.69 Å². The first kappa shape index (κ1) is 20.2. The van der Waals surface area contributed by atoms with E-state index in [1.54, 1.807) is 27.4 Å². The Balaban J connectivity index is 1.60. The molecule has 0 saturated carbocycles. The topological polar surface area (TPSA) is 60.9 Å². The molecule has 2 fully saturated rings. The van der Waals surface area contributed by atoms with Gasteiger partial charge in [0.05, 0.1) is 12.7 Å². The van der Waals surface area contributed by atoms with Crippen LogP contribution >= 0.6 is 0 Å². The van der Waals surface area contributed by atoms with E-state index in [0.717, 1.165) is 12.8 Å². The molecule has 6 nitrogen and oxygen atoms in total. The van der Waals surface area contributed by atoms with Gasteiger partial charge in [-0.15, -0.1) is 0 Å². The minimum absolute atomic E-state index is 0.0607. The molecule has 0 aliphatic carbocycles. The normalized spacial score (nSPS) is 25.1. The second-order valence-corrected chi connectivity index (χ2v) is 9.54. The Morgan fingerprint density at radius 3 is 2.37 bits per heavy atom. The third-order valence-electron chi connectivity index (χ3n) is 6.03. The van der Waals surface area contributed by atoms with Crippen molar-refractivity contribution in [2.75, 3.05) is 45.5 Å². The van der Waals surface area contributed by atoms with Crippen LogP contribution in [0, 0.1) is 5.82 Å². The minimum Gasteiger partial charge on any atom is -0.340 e. The summed E-state index contributed by atoms with van der Waals surface area (Å²) in [6.07, 6.45) is 3.04. The molecule has 0 N–H and O–H groups in total. The first-order valence-electron chi connectivity index (χ1n) is 9.46. The van der Waals surface area contributed by atoms with E-state index >= 15 is 0 Å². The third kappa shape index (κ3) is 4.33. The van der Waals surface area contributed by atoms with E-state index < -0.39 is 10.0 Å². The molecule has 1 aromatic rings. The molecule has 8 heteroatoms. The van der Waals surface area contributed by atoms with Crippen molar-refractivity contribution in [3.05, 3.63) is 35.6 Å². The van der Waals surface area contributed by atoms with E-state index in [9.17, 15) is 17.6 Å². The number of sulfonamides is 1. The number of piperazine rings is 1. The van der Waals surface area contributed by atoms with E-state index in [1.165, 1.54) is 12.3 Å². The van der Waals surface area contributed by atoms with Crippen molar-refractivity contribution in [2.45, 2.75) is 31.7 Å². The van der Waals surface area contributed by atoms with Gasteiger partial charge in [0, 0.05) is 44.8 Å². The molecule has 2 saturated heterocycles. The molecule has 2 aliphatic rings. The Morgan fingerprint density at radius 2 is 1.81 bits per heavy atom. The van der Waals surface area contributed by atoms with Crippen LogP contribution < -0.4 is 0 Å².